The second-order valence-corrected chi connectivity index (χ2v) is 7.26. The Morgan fingerprint density at radius 1 is 1.18 bits per heavy atom. The van der Waals surface area contributed by atoms with Gasteiger partial charge in [0.2, 0.25) is 0 Å². The highest BCUT2D eigenvalue weighted by Crippen LogP contribution is 2.22. The van der Waals surface area contributed by atoms with Gasteiger partial charge in [0.25, 0.3) is 0 Å². The van der Waals surface area contributed by atoms with Crippen molar-refractivity contribution >= 4 is 12.1 Å². The molecule has 1 amide bonds. The minimum Gasteiger partial charge on any atom is -0.466 e. The third kappa shape index (κ3) is 5.83. The molecule has 1 saturated heterocycles. The van der Waals surface area contributed by atoms with Gasteiger partial charge in [0.1, 0.15) is 5.60 Å². The number of nitrogens with zero attached hydrogens (tertiary/aromatic N) is 2. The Kier molecular flexibility index (Phi) is 6.23. The van der Waals surface area contributed by atoms with E-state index in [1.165, 1.54) is 0 Å². The zero-order valence-electron chi connectivity index (χ0n) is 14.8. The number of carbonyl (C=O) groups is 2. The monoisotopic (exact) mass is 314 g/mol. The number of hydrogen-bond acceptors (Lipinski definition) is 5. The highest BCUT2D eigenvalue weighted by atomic mass is 16.6. The van der Waals surface area contributed by atoms with E-state index < -0.39 is 5.60 Å². The average Bonchev–Trinajstić information content (AvgIpc) is 2.34. The predicted molar refractivity (Wildman–Crippen MR) is 84.7 cm³/mol. The van der Waals surface area contributed by atoms with Crippen LogP contribution in [0, 0.1) is 0 Å². The molecule has 0 aromatic carbocycles. The third-order valence-electron chi connectivity index (χ3n) is 3.62. The number of amides is 1. The Morgan fingerprint density at radius 3 is 2.32 bits per heavy atom. The van der Waals surface area contributed by atoms with Crippen LogP contribution in [0.25, 0.3) is 0 Å². The first-order chi connectivity index (χ1) is 10.0. The van der Waals surface area contributed by atoms with Crippen LogP contribution in [-0.2, 0) is 14.3 Å². The minimum absolute atomic E-state index is 0.173. The van der Waals surface area contributed by atoms with Crippen LogP contribution in [0.1, 0.15) is 48.0 Å². The van der Waals surface area contributed by atoms with E-state index >= 15 is 0 Å². The second-order valence-electron chi connectivity index (χ2n) is 7.26. The van der Waals surface area contributed by atoms with Gasteiger partial charge in [-0.15, -0.1) is 0 Å². The zero-order valence-corrected chi connectivity index (χ0v) is 14.8. The number of carbonyl (C=O) groups excluding carboxylic acids is 2. The molecule has 0 saturated carbocycles. The van der Waals surface area contributed by atoms with Gasteiger partial charge in [-0.2, -0.15) is 0 Å². The summed E-state index contributed by atoms with van der Waals surface area (Å²) in [5.74, 6) is -0.173. The Bertz CT molecular complexity index is 401. The van der Waals surface area contributed by atoms with Crippen LogP contribution in [0.15, 0.2) is 0 Å². The molecule has 0 spiro atoms. The van der Waals surface area contributed by atoms with Crippen molar-refractivity contribution in [3.63, 3.8) is 0 Å². The lowest BCUT2D eigenvalue weighted by atomic mass is 9.98. The van der Waals surface area contributed by atoms with Crippen molar-refractivity contribution < 1.29 is 19.1 Å². The van der Waals surface area contributed by atoms with Gasteiger partial charge in [0.05, 0.1) is 13.0 Å². The van der Waals surface area contributed by atoms with Crippen LogP contribution in [0.2, 0.25) is 0 Å². The Hall–Kier alpha value is -1.30. The fourth-order valence-electron chi connectivity index (χ4n) is 2.55. The van der Waals surface area contributed by atoms with Crippen LogP contribution in [0.5, 0.6) is 0 Å². The topological polar surface area (TPSA) is 59.1 Å². The summed E-state index contributed by atoms with van der Waals surface area (Å²) < 4.78 is 10.4. The summed E-state index contributed by atoms with van der Waals surface area (Å²) in [6.07, 6.45) is 0.106. The first-order valence-corrected chi connectivity index (χ1v) is 7.94. The molecule has 1 heterocycles. The molecule has 1 aliphatic rings. The molecule has 128 valence electrons. The van der Waals surface area contributed by atoms with E-state index in [0.29, 0.717) is 32.7 Å². The van der Waals surface area contributed by atoms with Crippen LogP contribution >= 0.6 is 0 Å². The molecule has 0 aromatic heterocycles. The highest BCUT2D eigenvalue weighted by molar-refractivity contribution is 5.69. The van der Waals surface area contributed by atoms with E-state index in [2.05, 4.69) is 18.7 Å². The maximum Gasteiger partial charge on any atom is 0.410 e. The number of piperazine rings is 1. The maximum absolute atomic E-state index is 12.2. The van der Waals surface area contributed by atoms with E-state index in [-0.39, 0.29) is 17.6 Å². The van der Waals surface area contributed by atoms with Gasteiger partial charge < -0.3 is 14.4 Å². The molecule has 1 fully saturated rings. The van der Waals surface area contributed by atoms with Crippen LogP contribution in [0.4, 0.5) is 4.79 Å². The van der Waals surface area contributed by atoms with Crippen molar-refractivity contribution in [2.75, 3.05) is 32.8 Å². The lowest BCUT2D eigenvalue weighted by Gasteiger charge is -2.47. The van der Waals surface area contributed by atoms with Gasteiger partial charge in [-0.1, -0.05) is 0 Å². The van der Waals surface area contributed by atoms with E-state index in [0.717, 1.165) is 6.54 Å². The van der Waals surface area contributed by atoms with Gasteiger partial charge in [-0.25, -0.2) is 4.79 Å². The zero-order chi connectivity index (χ0) is 17.0. The van der Waals surface area contributed by atoms with E-state index in [1.54, 1.807) is 11.8 Å². The van der Waals surface area contributed by atoms with Gasteiger partial charge in [0, 0.05) is 31.7 Å². The standard InChI is InChI=1S/C16H30N2O4/c1-7-21-13(19)8-9-18-11-10-17(12-16(18,5)6)14(20)22-15(2,3)4/h7-12H2,1-6H3. The first kappa shape index (κ1) is 18.7. The van der Waals surface area contributed by atoms with Gasteiger partial charge in [-0.05, 0) is 41.5 Å². The number of ether oxygens (including phenoxy) is 2. The maximum atomic E-state index is 12.2. The highest BCUT2D eigenvalue weighted by Gasteiger charge is 2.37. The summed E-state index contributed by atoms with van der Waals surface area (Å²) in [6.45, 7) is 14.5. The Morgan fingerprint density at radius 2 is 1.82 bits per heavy atom. The van der Waals surface area contributed by atoms with Crippen molar-refractivity contribution in [3.05, 3.63) is 0 Å². The molecule has 6 nitrogen and oxygen atoms in total. The largest absolute Gasteiger partial charge is 0.466 e. The molecule has 0 radical (unpaired) electrons. The molecule has 1 aliphatic heterocycles. The molecule has 0 atom stereocenters. The second kappa shape index (κ2) is 7.31. The molecular formula is C16H30N2O4. The Labute approximate surface area is 133 Å². The number of rotatable bonds is 4. The molecule has 1 rings (SSSR count). The summed E-state index contributed by atoms with van der Waals surface area (Å²) in [4.78, 5) is 27.6. The molecule has 22 heavy (non-hydrogen) atoms. The fraction of sp³-hybridized carbons (Fsp3) is 0.875. The summed E-state index contributed by atoms with van der Waals surface area (Å²) in [5, 5.41) is 0. The fourth-order valence-corrected chi connectivity index (χ4v) is 2.55. The third-order valence-corrected chi connectivity index (χ3v) is 3.62. The normalized spacial score (nSPS) is 18.9. The van der Waals surface area contributed by atoms with Crippen LogP contribution in [-0.4, -0.2) is 65.8 Å². The SMILES string of the molecule is CCOC(=O)CCN1CCN(C(=O)OC(C)(C)C)CC1(C)C. The van der Waals surface area contributed by atoms with Crippen LogP contribution < -0.4 is 0 Å². The first-order valence-electron chi connectivity index (χ1n) is 7.94. The molecule has 0 bridgehead atoms. The molecule has 0 aliphatic carbocycles. The lowest BCUT2D eigenvalue weighted by molar-refractivity contribution is -0.144. The molecule has 6 heteroatoms. The van der Waals surface area contributed by atoms with Crippen molar-refractivity contribution in [1.82, 2.24) is 9.80 Å². The van der Waals surface area contributed by atoms with Gasteiger partial charge >= 0.3 is 12.1 Å². The van der Waals surface area contributed by atoms with Crippen LogP contribution in [0.3, 0.4) is 0 Å². The summed E-state index contributed by atoms with van der Waals surface area (Å²) in [7, 11) is 0. The predicted octanol–water partition coefficient (Wildman–Crippen LogP) is 2.27. The van der Waals surface area contributed by atoms with Gasteiger partial charge in [-0.3, -0.25) is 9.69 Å². The molecule has 0 unspecified atom stereocenters. The quantitative estimate of drug-likeness (QED) is 0.745. The number of esters is 1. The molecule has 0 N–H and O–H groups in total. The Balaban J connectivity index is 2.54. The smallest absolute Gasteiger partial charge is 0.410 e. The summed E-state index contributed by atoms with van der Waals surface area (Å²) >= 11 is 0. The summed E-state index contributed by atoms with van der Waals surface area (Å²) in [6, 6.07) is 0. The molecule has 0 aromatic rings. The van der Waals surface area contributed by atoms with Crippen molar-refractivity contribution in [2.24, 2.45) is 0 Å². The van der Waals surface area contributed by atoms with E-state index in [4.69, 9.17) is 9.47 Å². The van der Waals surface area contributed by atoms with Gasteiger partial charge in [0.15, 0.2) is 0 Å². The van der Waals surface area contributed by atoms with E-state index in [1.807, 2.05) is 20.8 Å². The average molecular weight is 314 g/mol. The van der Waals surface area contributed by atoms with Crippen molar-refractivity contribution in [1.29, 1.82) is 0 Å². The lowest BCUT2D eigenvalue weighted by Crippen LogP contribution is -2.61. The van der Waals surface area contributed by atoms with Crippen molar-refractivity contribution in [2.45, 2.75) is 59.1 Å². The number of hydrogen-bond donors (Lipinski definition) is 0. The molecular weight excluding hydrogens is 284 g/mol. The van der Waals surface area contributed by atoms with Crippen molar-refractivity contribution in [3.8, 4) is 0 Å². The minimum atomic E-state index is -0.484. The summed E-state index contributed by atoms with van der Waals surface area (Å²) in [5.41, 5.74) is -0.677. The van der Waals surface area contributed by atoms with E-state index in [9.17, 15) is 9.59 Å².